The van der Waals surface area contributed by atoms with E-state index in [2.05, 4.69) is 15.6 Å². The smallest absolute Gasteiger partial charge is 0.336 e. The molecule has 0 bridgehead atoms. The fraction of sp³-hybridized carbons (Fsp3) is 0.0400. The van der Waals surface area contributed by atoms with Crippen LogP contribution in [0.4, 0.5) is 16.5 Å². The molecule has 0 atom stereocenters. The first-order chi connectivity index (χ1) is 17.8. The first-order valence-electron chi connectivity index (χ1n) is 10.7. The van der Waals surface area contributed by atoms with E-state index in [1.165, 1.54) is 47.4 Å². The van der Waals surface area contributed by atoms with Crippen LogP contribution in [0.5, 0.6) is 0 Å². The Balaban J connectivity index is 1.30. The lowest BCUT2D eigenvalue weighted by Crippen LogP contribution is -2.16. The van der Waals surface area contributed by atoms with E-state index >= 15 is 0 Å². The van der Waals surface area contributed by atoms with Crippen molar-refractivity contribution in [1.29, 1.82) is 0 Å². The van der Waals surface area contributed by atoms with Gasteiger partial charge in [0.25, 0.3) is 11.6 Å². The van der Waals surface area contributed by atoms with Gasteiger partial charge in [0, 0.05) is 33.7 Å². The maximum absolute atomic E-state index is 12.5. The molecule has 3 aromatic carbocycles. The Bertz CT molecular complexity index is 1490. The third-order valence-corrected chi connectivity index (χ3v) is 6.76. The van der Waals surface area contributed by atoms with Crippen molar-refractivity contribution in [3.05, 3.63) is 99.4 Å². The van der Waals surface area contributed by atoms with Crippen LogP contribution in [-0.2, 0) is 4.79 Å². The van der Waals surface area contributed by atoms with Crippen LogP contribution in [-0.4, -0.2) is 38.6 Å². The second-order valence-corrected chi connectivity index (χ2v) is 9.42. The molecule has 0 fully saturated rings. The van der Waals surface area contributed by atoms with E-state index in [0.29, 0.717) is 22.1 Å². The van der Waals surface area contributed by atoms with Crippen LogP contribution in [0, 0.1) is 10.1 Å². The number of carbonyl (C=O) groups is 3. The summed E-state index contributed by atoms with van der Waals surface area (Å²) < 4.78 is 0. The molecule has 37 heavy (non-hydrogen) atoms. The highest BCUT2D eigenvalue weighted by molar-refractivity contribution is 8.00. The normalized spacial score (nSPS) is 10.5. The average molecular weight is 535 g/mol. The Kier molecular flexibility index (Phi) is 7.91. The number of benzene rings is 3. The quantitative estimate of drug-likeness (QED) is 0.147. The van der Waals surface area contributed by atoms with Crippen molar-refractivity contribution in [1.82, 2.24) is 4.98 Å². The number of hydrogen-bond donors (Lipinski definition) is 3. The standard InChI is InChI=1S/C25H18N4O6S2/c30-22(28-25-27-21(13-37-25)15-4-3-5-17(12-15)29(34)35)14-36-18-10-8-16(9-11-18)26-23(31)19-6-1-2-7-20(19)24(32)33/h1-13H,14H2,(H,26,31)(H,32,33)(H,27,28,30). The number of anilines is 2. The molecule has 186 valence electrons. The van der Waals surface area contributed by atoms with Gasteiger partial charge >= 0.3 is 5.97 Å². The van der Waals surface area contributed by atoms with Crippen LogP contribution in [0.15, 0.2) is 83.1 Å². The summed E-state index contributed by atoms with van der Waals surface area (Å²) in [6.07, 6.45) is 0. The van der Waals surface area contributed by atoms with Gasteiger partial charge in [-0.1, -0.05) is 24.3 Å². The summed E-state index contributed by atoms with van der Waals surface area (Å²) in [4.78, 5) is 51.8. The van der Waals surface area contributed by atoms with Crippen molar-refractivity contribution in [2.24, 2.45) is 0 Å². The Morgan fingerprint density at radius 2 is 1.70 bits per heavy atom. The number of aromatic carboxylic acids is 1. The molecule has 0 radical (unpaired) electrons. The lowest BCUT2D eigenvalue weighted by atomic mass is 10.1. The Labute approximate surface area is 218 Å². The highest BCUT2D eigenvalue weighted by atomic mass is 32.2. The van der Waals surface area contributed by atoms with Gasteiger partial charge in [0.1, 0.15) is 0 Å². The number of amides is 2. The highest BCUT2D eigenvalue weighted by Crippen LogP contribution is 2.28. The number of carboxylic acids is 1. The summed E-state index contributed by atoms with van der Waals surface area (Å²) in [6.45, 7) is 0. The first-order valence-corrected chi connectivity index (χ1v) is 12.5. The van der Waals surface area contributed by atoms with Crippen LogP contribution in [0.2, 0.25) is 0 Å². The predicted molar refractivity (Wildman–Crippen MR) is 141 cm³/mol. The zero-order chi connectivity index (χ0) is 26.4. The van der Waals surface area contributed by atoms with E-state index < -0.39 is 16.8 Å². The number of thiazole rings is 1. The van der Waals surface area contributed by atoms with E-state index in [-0.39, 0.29) is 28.5 Å². The van der Waals surface area contributed by atoms with Gasteiger partial charge in [-0.15, -0.1) is 23.1 Å². The SMILES string of the molecule is O=C(CSc1ccc(NC(=O)c2ccccc2C(=O)O)cc1)Nc1nc(-c2cccc([N+](=O)[O-])c2)cs1. The molecule has 3 N–H and O–H groups in total. The van der Waals surface area contributed by atoms with Crippen LogP contribution < -0.4 is 10.6 Å². The molecule has 0 saturated heterocycles. The number of carbonyl (C=O) groups excluding carboxylic acids is 2. The van der Waals surface area contributed by atoms with Crippen molar-refractivity contribution in [2.45, 2.75) is 4.90 Å². The van der Waals surface area contributed by atoms with Gasteiger partial charge in [-0.25, -0.2) is 9.78 Å². The number of non-ortho nitro benzene ring substituents is 1. The van der Waals surface area contributed by atoms with Gasteiger partial charge < -0.3 is 15.7 Å². The van der Waals surface area contributed by atoms with Gasteiger partial charge in [-0.05, 0) is 36.4 Å². The Hall–Kier alpha value is -4.55. The summed E-state index contributed by atoms with van der Waals surface area (Å²) in [7, 11) is 0. The summed E-state index contributed by atoms with van der Waals surface area (Å²) in [5.74, 6) is -1.88. The number of nitrogens with zero attached hydrogens (tertiary/aromatic N) is 2. The van der Waals surface area contributed by atoms with Gasteiger partial charge in [0.05, 0.1) is 27.5 Å². The summed E-state index contributed by atoms with van der Waals surface area (Å²) in [5, 5.41) is 27.7. The second-order valence-electron chi connectivity index (χ2n) is 7.51. The van der Waals surface area contributed by atoms with Crippen LogP contribution in [0.25, 0.3) is 11.3 Å². The van der Waals surface area contributed by atoms with Crippen molar-refractivity contribution in [3.63, 3.8) is 0 Å². The summed E-state index contributed by atoms with van der Waals surface area (Å²) in [6, 6.07) is 18.8. The molecule has 12 heteroatoms. The molecular formula is C25H18N4O6S2. The number of nitro groups is 1. The van der Waals surface area contributed by atoms with Gasteiger partial charge in [0.15, 0.2) is 5.13 Å². The Morgan fingerprint density at radius 3 is 2.41 bits per heavy atom. The van der Waals surface area contributed by atoms with Crippen molar-refractivity contribution < 1.29 is 24.4 Å². The lowest BCUT2D eigenvalue weighted by Gasteiger charge is -2.08. The summed E-state index contributed by atoms with van der Waals surface area (Å²) in [5.41, 5.74) is 1.52. The number of aromatic nitrogens is 1. The fourth-order valence-electron chi connectivity index (χ4n) is 3.25. The third-order valence-electron chi connectivity index (χ3n) is 4.99. The molecular weight excluding hydrogens is 516 g/mol. The fourth-order valence-corrected chi connectivity index (χ4v) is 4.68. The first kappa shape index (κ1) is 25.5. The maximum Gasteiger partial charge on any atom is 0.336 e. The number of thioether (sulfide) groups is 1. The molecule has 1 heterocycles. The lowest BCUT2D eigenvalue weighted by molar-refractivity contribution is -0.384. The number of nitro benzene ring substituents is 1. The Morgan fingerprint density at radius 1 is 0.973 bits per heavy atom. The van der Waals surface area contributed by atoms with Crippen molar-refractivity contribution >= 4 is 57.4 Å². The summed E-state index contributed by atoms with van der Waals surface area (Å²) >= 11 is 2.50. The molecule has 0 saturated carbocycles. The van der Waals surface area contributed by atoms with E-state index in [9.17, 15) is 29.6 Å². The van der Waals surface area contributed by atoms with Crippen LogP contribution >= 0.6 is 23.1 Å². The molecule has 2 amide bonds. The van der Waals surface area contributed by atoms with Gasteiger partial charge in [-0.3, -0.25) is 19.7 Å². The molecule has 0 aliphatic heterocycles. The van der Waals surface area contributed by atoms with E-state index in [1.807, 2.05) is 0 Å². The van der Waals surface area contributed by atoms with E-state index in [0.717, 1.165) is 4.90 Å². The minimum atomic E-state index is -1.19. The monoisotopic (exact) mass is 534 g/mol. The van der Waals surface area contributed by atoms with Crippen molar-refractivity contribution in [3.8, 4) is 11.3 Å². The molecule has 4 aromatic rings. The van der Waals surface area contributed by atoms with Crippen molar-refractivity contribution in [2.75, 3.05) is 16.4 Å². The highest BCUT2D eigenvalue weighted by Gasteiger charge is 2.16. The van der Waals surface area contributed by atoms with E-state index in [4.69, 9.17) is 0 Å². The maximum atomic E-state index is 12.5. The molecule has 0 unspecified atom stereocenters. The number of nitrogens with one attached hydrogen (secondary N) is 2. The van der Waals surface area contributed by atoms with E-state index in [1.54, 1.807) is 53.9 Å². The predicted octanol–water partition coefficient (Wildman–Crippen LogP) is 5.40. The molecule has 0 aliphatic rings. The third kappa shape index (κ3) is 6.57. The molecule has 10 nitrogen and oxygen atoms in total. The number of hydrogen-bond acceptors (Lipinski definition) is 8. The second kappa shape index (κ2) is 11.5. The molecule has 0 spiro atoms. The zero-order valence-corrected chi connectivity index (χ0v) is 20.5. The minimum Gasteiger partial charge on any atom is -0.478 e. The van der Waals surface area contributed by atoms with Crippen LogP contribution in [0.1, 0.15) is 20.7 Å². The van der Waals surface area contributed by atoms with Gasteiger partial charge in [0.2, 0.25) is 5.91 Å². The van der Waals surface area contributed by atoms with Crippen LogP contribution in [0.3, 0.4) is 0 Å². The largest absolute Gasteiger partial charge is 0.478 e. The average Bonchev–Trinajstić information content (AvgIpc) is 3.36. The number of rotatable bonds is 9. The minimum absolute atomic E-state index is 0.0388. The van der Waals surface area contributed by atoms with Gasteiger partial charge in [-0.2, -0.15) is 0 Å². The molecule has 0 aliphatic carbocycles. The topological polar surface area (TPSA) is 152 Å². The number of carboxylic acid groups (broad SMARTS) is 1. The molecule has 1 aromatic heterocycles. The molecule has 4 rings (SSSR count). The zero-order valence-electron chi connectivity index (χ0n) is 18.9.